The van der Waals surface area contributed by atoms with Gasteiger partial charge < -0.3 is 4.90 Å². The van der Waals surface area contributed by atoms with E-state index in [0.717, 1.165) is 30.7 Å². The topological polar surface area (TPSA) is 77.7 Å². The molecule has 3 heterocycles. The first-order chi connectivity index (χ1) is 10.3. The van der Waals surface area contributed by atoms with Gasteiger partial charge in [0.15, 0.2) is 5.65 Å². The van der Waals surface area contributed by atoms with Crippen LogP contribution in [0.3, 0.4) is 0 Å². The van der Waals surface area contributed by atoms with Gasteiger partial charge in [-0.2, -0.15) is 5.26 Å². The average molecular weight is 282 g/mol. The van der Waals surface area contributed by atoms with Crippen LogP contribution >= 0.6 is 0 Å². The van der Waals surface area contributed by atoms with Gasteiger partial charge in [0.25, 0.3) is 0 Å². The number of pyridine rings is 1. The molecule has 0 aliphatic carbocycles. The predicted octanol–water partition coefficient (Wildman–Crippen LogP) is 1.35. The number of hydrogen-bond acceptors (Lipinski definition) is 6. The molecule has 0 amide bonds. The maximum Gasteiger partial charge on any atom is 0.180 e. The lowest BCUT2D eigenvalue weighted by molar-refractivity contribution is 0.360. The lowest BCUT2D eigenvalue weighted by atomic mass is 9.95. The van der Waals surface area contributed by atoms with Crippen LogP contribution in [-0.2, 0) is 0 Å². The number of nitrogens with zero attached hydrogens (tertiary/aromatic N) is 5. The number of fused-ring (bicyclic) bond motifs is 1. The van der Waals surface area contributed by atoms with Crippen molar-refractivity contribution in [2.45, 2.75) is 19.4 Å². The van der Waals surface area contributed by atoms with Gasteiger partial charge in [0, 0.05) is 37.7 Å². The minimum atomic E-state index is 0.327. The Kier molecular flexibility index (Phi) is 3.93. The average Bonchev–Trinajstić information content (AvgIpc) is 2.52. The van der Waals surface area contributed by atoms with Crippen LogP contribution in [-0.4, -0.2) is 40.6 Å². The van der Waals surface area contributed by atoms with Gasteiger partial charge in [0.2, 0.25) is 0 Å². The third-order valence-corrected chi connectivity index (χ3v) is 3.82. The molecule has 1 fully saturated rings. The molecule has 0 aromatic carbocycles. The van der Waals surface area contributed by atoms with Crippen LogP contribution in [0, 0.1) is 17.2 Å². The van der Waals surface area contributed by atoms with Crippen molar-refractivity contribution in [2.75, 3.05) is 24.5 Å². The highest BCUT2D eigenvalue weighted by molar-refractivity contribution is 5.85. The molecule has 1 saturated heterocycles. The van der Waals surface area contributed by atoms with Crippen LogP contribution in [0.5, 0.6) is 0 Å². The quantitative estimate of drug-likeness (QED) is 0.856. The third kappa shape index (κ3) is 2.93. The smallest absolute Gasteiger partial charge is 0.180 e. The molecule has 2 aromatic rings. The number of anilines is 1. The molecule has 1 N–H and O–H groups in total. The predicted molar refractivity (Wildman–Crippen MR) is 80.7 cm³/mol. The molecule has 0 bridgehead atoms. The minimum Gasteiger partial charge on any atom is -0.368 e. The monoisotopic (exact) mass is 282 g/mol. The third-order valence-electron chi connectivity index (χ3n) is 3.82. The summed E-state index contributed by atoms with van der Waals surface area (Å²) in [7, 11) is 0. The van der Waals surface area contributed by atoms with Crippen molar-refractivity contribution in [2.24, 2.45) is 5.92 Å². The Balaban J connectivity index is 1.89. The number of nitrogens with one attached hydrogen (secondary N) is 1. The van der Waals surface area contributed by atoms with E-state index in [1.54, 1.807) is 18.6 Å². The molecule has 0 spiro atoms. The molecule has 2 atom stereocenters. The molecule has 21 heavy (non-hydrogen) atoms. The summed E-state index contributed by atoms with van der Waals surface area (Å²) < 4.78 is 0. The number of piperidine rings is 1. The Morgan fingerprint density at radius 2 is 2.10 bits per heavy atom. The molecule has 3 rings (SSSR count). The molecule has 0 radical (unpaired) electrons. The van der Waals surface area contributed by atoms with Crippen molar-refractivity contribution in [3.63, 3.8) is 0 Å². The van der Waals surface area contributed by atoms with Crippen molar-refractivity contribution in [3.05, 3.63) is 24.7 Å². The Labute approximate surface area is 123 Å². The Hall–Kier alpha value is -2.26. The van der Waals surface area contributed by atoms with Crippen LogP contribution in [0.1, 0.15) is 13.3 Å². The maximum atomic E-state index is 8.73. The van der Waals surface area contributed by atoms with Gasteiger partial charge in [0.1, 0.15) is 5.52 Å². The van der Waals surface area contributed by atoms with Crippen molar-refractivity contribution in [1.29, 1.82) is 5.26 Å². The fourth-order valence-electron chi connectivity index (χ4n) is 3.00. The SMILES string of the molecule is C[C@H]1C[C@@H](NCC#N)CN(c2ccnc3nccnc23)C1. The highest BCUT2D eigenvalue weighted by atomic mass is 15.2. The summed E-state index contributed by atoms with van der Waals surface area (Å²) in [6, 6.07) is 4.48. The van der Waals surface area contributed by atoms with Crippen molar-refractivity contribution < 1.29 is 0 Å². The molecule has 6 nitrogen and oxygen atoms in total. The second-order valence-electron chi connectivity index (χ2n) is 5.54. The maximum absolute atomic E-state index is 8.73. The largest absolute Gasteiger partial charge is 0.368 e. The molecule has 0 unspecified atom stereocenters. The lowest BCUT2D eigenvalue weighted by Gasteiger charge is -2.38. The molecule has 0 saturated carbocycles. The van der Waals surface area contributed by atoms with E-state index in [9.17, 15) is 0 Å². The van der Waals surface area contributed by atoms with Gasteiger partial charge >= 0.3 is 0 Å². The zero-order valence-electron chi connectivity index (χ0n) is 12.0. The van der Waals surface area contributed by atoms with Crippen LogP contribution in [0.4, 0.5) is 5.69 Å². The zero-order chi connectivity index (χ0) is 14.7. The van der Waals surface area contributed by atoms with E-state index in [1.165, 1.54) is 0 Å². The summed E-state index contributed by atoms with van der Waals surface area (Å²) in [5.41, 5.74) is 2.59. The molecule has 108 valence electrons. The van der Waals surface area contributed by atoms with E-state index in [4.69, 9.17) is 5.26 Å². The number of hydrogen-bond donors (Lipinski definition) is 1. The summed E-state index contributed by atoms with van der Waals surface area (Å²) >= 11 is 0. The van der Waals surface area contributed by atoms with E-state index in [0.29, 0.717) is 24.2 Å². The van der Waals surface area contributed by atoms with Crippen LogP contribution in [0.25, 0.3) is 11.2 Å². The van der Waals surface area contributed by atoms with E-state index in [-0.39, 0.29) is 0 Å². The second kappa shape index (κ2) is 6.02. The Morgan fingerprint density at radius 1 is 1.29 bits per heavy atom. The standard InChI is InChI=1S/C15H18N6/c1-11-8-12(17-5-3-16)10-21(9-11)13-2-4-19-15-14(13)18-6-7-20-15/h2,4,6-7,11-12,17H,5,8-10H2,1H3/t11-,12+/m0/s1. The van der Waals surface area contributed by atoms with Gasteiger partial charge in [-0.3, -0.25) is 5.32 Å². The van der Waals surface area contributed by atoms with Crippen molar-refractivity contribution in [3.8, 4) is 6.07 Å². The van der Waals surface area contributed by atoms with Gasteiger partial charge in [0.05, 0.1) is 18.3 Å². The van der Waals surface area contributed by atoms with Gasteiger partial charge in [-0.05, 0) is 18.4 Å². The van der Waals surface area contributed by atoms with E-state index in [2.05, 4.69) is 38.2 Å². The highest BCUT2D eigenvalue weighted by Crippen LogP contribution is 2.27. The summed E-state index contributed by atoms with van der Waals surface area (Å²) in [4.78, 5) is 15.3. The first-order valence-corrected chi connectivity index (χ1v) is 7.19. The minimum absolute atomic E-state index is 0.327. The van der Waals surface area contributed by atoms with Crippen LogP contribution in [0.15, 0.2) is 24.7 Å². The lowest BCUT2D eigenvalue weighted by Crippen LogP contribution is -2.49. The Morgan fingerprint density at radius 3 is 2.95 bits per heavy atom. The van der Waals surface area contributed by atoms with Gasteiger partial charge in [-0.15, -0.1) is 0 Å². The zero-order valence-corrected chi connectivity index (χ0v) is 12.0. The Bertz CT molecular complexity index is 659. The fourth-order valence-corrected chi connectivity index (χ4v) is 3.00. The fraction of sp³-hybridized carbons (Fsp3) is 0.467. The summed E-state index contributed by atoms with van der Waals surface area (Å²) in [6.07, 6.45) is 6.23. The second-order valence-corrected chi connectivity index (χ2v) is 5.54. The molecular formula is C15H18N6. The van der Waals surface area contributed by atoms with Crippen molar-refractivity contribution >= 4 is 16.9 Å². The van der Waals surface area contributed by atoms with Gasteiger partial charge in [-0.25, -0.2) is 15.0 Å². The first-order valence-electron chi connectivity index (χ1n) is 7.19. The highest BCUT2D eigenvalue weighted by Gasteiger charge is 2.25. The van der Waals surface area contributed by atoms with Gasteiger partial charge in [-0.1, -0.05) is 6.92 Å². The van der Waals surface area contributed by atoms with E-state index >= 15 is 0 Å². The first kappa shape index (κ1) is 13.7. The molecular weight excluding hydrogens is 264 g/mol. The summed E-state index contributed by atoms with van der Waals surface area (Å²) in [5, 5.41) is 12.0. The van der Waals surface area contributed by atoms with Crippen LogP contribution < -0.4 is 10.2 Å². The number of rotatable bonds is 3. The summed E-state index contributed by atoms with van der Waals surface area (Å²) in [5.74, 6) is 0.565. The molecule has 6 heteroatoms. The molecule has 2 aromatic heterocycles. The van der Waals surface area contributed by atoms with E-state index < -0.39 is 0 Å². The number of aromatic nitrogens is 3. The molecule has 1 aliphatic rings. The van der Waals surface area contributed by atoms with Crippen molar-refractivity contribution in [1.82, 2.24) is 20.3 Å². The molecule has 1 aliphatic heterocycles. The van der Waals surface area contributed by atoms with E-state index in [1.807, 2.05) is 6.07 Å². The number of nitriles is 1. The van der Waals surface area contributed by atoms with Crippen LogP contribution in [0.2, 0.25) is 0 Å². The normalized spacial score (nSPS) is 22.2. The summed E-state index contributed by atoms with van der Waals surface area (Å²) in [6.45, 7) is 4.49.